The summed E-state index contributed by atoms with van der Waals surface area (Å²) in [6.45, 7) is -0.474. The van der Waals surface area contributed by atoms with Gasteiger partial charge < -0.3 is 9.47 Å². The third kappa shape index (κ3) is 5.51. The van der Waals surface area contributed by atoms with E-state index in [1.54, 1.807) is 24.6 Å². The van der Waals surface area contributed by atoms with Crippen LogP contribution >= 0.6 is 11.3 Å². The molecule has 1 heterocycles. The highest BCUT2D eigenvalue weighted by Crippen LogP contribution is 2.12. The third-order valence-electron chi connectivity index (χ3n) is 3.14. The van der Waals surface area contributed by atoms with Crippen molar-refractivity contribution in [1.29, 1.82) is 0 Å². The first-order valence-electron chi connectivity index (χ1n) is 7.24. The van der Waals surface area contributed by atoms with Crippen molar-refractivity contribution in [3.8, 4) is 5.75 Å². The Morgan fingerprint density at radius 2 is 1.88 bits per heavy atom. The van der Waals surface area contributed by atoms with E-state index in [1.807, 2.05) is 24.3 Å². The van der Waals surface area contributed by atoms with E-state index in [2.05, 4.69) is 5.32 Å². The number of rotatable bonds is 7. The highest BCUT2D eigenvalue weighted by atomic mass is 32.1. The van der Waals surface area contributed by atoms with Gasteiger partial charge in [0.1, 0.15) is 5.75 Å². The summed E-state index contributed by atoms with van der Waals surface area (Å²) in [7, 11) is 1.58. The molecule has 0 saturated heterocycles. The Bertz CT molecular complexity index is 694. The second-order valence-electron chi connectivity index (χ2n) is 4.86. The number of hydrogen-bond acceptors (Lipinski definition) is 6. The quantitative estimate of drug-likeness (QED) is 0.777. The minimum atomic E-state index is -0.647. The van der Waals surface area contributed by atoms with E-state index < -0.39 is 24.4 Å². The molecule has 0 bridgehead atoms. The van der Waals surface area contributed by atoms with E-state index in [9.17, 15) is 14.4 Å². The van der Waals surface area contributed by atoms with Crippen molar-refractivity contribution >= 4 is 29.1 Å². The Morgan fingerprint density at radius 3 is 2.50 bits per heavy atom. The van der Waals surface area contributed by atoms with Crippen LogP contribution in [0.4, 0.5) is 0 Å². The molecule has 6 nitrogen and oxygen atoms in total. The minimum Gasteiger partial charge on any atom is -0.497 e. The largest absolute Gasteiger partial charge is 0.497 e. The molecule has 2 aromatic rings. The van der Waals surface area contributed by atoms with Crippen LogP contribution < -0.4 is 10.1 Å². The number of thiophene rings is 1. The molecular formula is C17H17NO5S. The molecule has 2 rings (SSSR count). The maximum absolute atomic E-state index is 11.7. The molecule has 1 aromatic heterocycles. The summed E-state index contributed by atoms with van der Waals surface area (Å²) in [6.07, 6.45) is 0.650. The average Bonchev–Trinajstić information content (AvgIpc) is 3.13. The van der Waals surface area contributed by atoms with Gasteiger partial charge in [0.2, 0.25) is 0 Å². The molecule has 0 fully saturated rings. The molecule has 0 aliphatic heterocycles. The number of methoxy groups -OCH3 is 1. The monoisotopic (exact) mass is 347 g/mol. The zero-order valence-electron chi connectivity index (χ0n) is 13.1. The van der Waals surface area contributed by atoms with Crippen molar-refractivity contribution in [2.75, 3.05) is 13.7 Å². The summed E-state index contributed by atoms with van der Waals surface area (Å²) in [5.41, 5.74) is 0.963. The molecule has 1 aromatic carbocycles. The summed E-state index contributed by atoms with van der Waals surface area (Å²) in [5, 5.41) is 3.90. The molecule has 126 valence electrons. The number of aryl methyl sites for hydroxylation is 1. The predicted molar refractivity (Wildman–Crippen MR) is 89.1 cm³/mol. The fourth-order valence-corrected chi connectivity index (χ4v) is 2.51. The lowest BCUT2D eigenvalue weighted by atomic mass is 10.1. The topological polar surface area (TPSA) is 81.7 Å². The molecule has 0 spiro atoms. The molecule has 1 N–H and O–H groups in total. The lowest BCUT2D eigenvalue weighted by Crippen LogP contribution is -2.33. The average molecular weight is 347 g/mol. The van der Waals surface area contributed by atoms with Crippen molar-refractivity contribution < 1.29 is 23.9 Å². The predicted octanol–water partition coefficient (Wildman–Crippen LogP) is 2.19. The second-order valence-corrected chi connectivity index (χ2v) is 5.81. The van der Waals surface area contributed by atoms with Gasteiger partial charge in [-0.3, -0.25) is 19.7 Å². The highest BCUT2D eigenvalue weighted by Gasteiger charge is 2.13. The number of nitrogens with one attached hydrogen (secondary N) is 1. The van der Waals surface area contributed by atoms with Crippen molar-refractivity contribution in [2.24, 2.45) is 0 Å². The lowest BCUT2D eigenvalue weighted by molar-refractivity contribution is -0.148. The van der Waals surface area contributed by atoms with Gasteiger partial charge in [-0.05, 0) is 35.6 Å². The minimum absolute atomic E-state index is 0.151. The van der Waals surface area contributed by atoms with E-state index in [0.29, 0.717) is 11.3 Å². The normalized spacial score (nSPS) is 10.0. The zero-order valence-corrected chi connectivity index (χ0v) is 13.9. The Morgan fingerprint density at radius 1 is 1.12 bits per heavy atom. The summed E-state index contributed by atoms with van der Waals surface area (Å²) in [5.74, 6) is -0.895. The van der Waals surface area contributed by atoms with E-state index >= 15 is 0 Å². The summed E-state index contributed by atoms with van der Waals surface area (Å²) >= 11 is 1.22. The first-order valence-corrected chi connectivity index (χ1v) is 8.12. The first kappa shape index (κ1) is 17.7. The van der Waals surface area contributed by atoms with E-state index in [0.717, 1.165) is 11.3 Å². The van der Waals surface area contributed by atoms with Crippen molar-refractivity contribution in [1.82, 2.24) is 5.32 Å². The van der Waals surface area contributed by atoms with Gasteiger partial charge in [-0.15, -0.1) is 11.3 Å². The van der Waals surface area contributed by atoms with Crippen molar-refractivity contribution in [3.63, 3.8) is 0 Å². The summed E-state index contributed by atoms with van der Waals surface area (Å²) < 4.78 is 9.92. The Balaban J connectivity index is 1.68. The second kappa shape index (κ2) is 8.83. The maximum atomic E-state index is 11.7. The molecular weight excluding hydrogens is 330 g/mol. The third-order valence-corrected chi connectivity index (χ3v) is 4.01. The van der Waals surface area contributed by atoms with Gasteiger partial charge in [0.15, 0.2) is 6.61 Å². The number of ether oxygens (including phenoxy) is 2. The fraction of sp³-hybridized carbons (Fsp3) is 0.235. The molecule has 0 atom stereocenters. The van der Waals surface area contributed by atoms with Crippen LogP contribution in [0.25, 0.3) is 0 Å². The van der Waals surface area contributed by atoms with Crippen LogP contribution in [0.5, 0.6) is 5.75 Å². The SMILES string of the molecule is COc1ccc(CCC(=O)OCC(=O)NC(=O)c2cccs2)cc1. The van der Waals surface area contributed by atoms with Crippen LogP contribution in [0.15, 0.2) is 41.8 Å². The molecule has 0 aliphatic rings. The molecule has 0 saturated carbocycles. The molecule has 0 radical (unpaired) electrons. The number of benzene rings is 1. The maximum Gasteiger partial charge on any atom is 0.306 e. The van der Waals surface area contributed by atoms with Crippen LogP contribution in [0.1, 0.15) is 21.7 Å². The summed E-state index contributed by atoms with van der Waals surface area (Å²) in [4.78, 5) is 35.3. The molecule has 2 amide bonds. The van der Waals surface area contributed by atoms with Gasteiger partial charge in [-0.1, -0.05) is 18.2 Å². The molecule has 0 aliphatic carbocycles. The van der Waals surface area contributed by atoms with Crippen molar-refractivity contribution in [2.45, 2.75) is 12.8 Å². The summed E-state index contributed by atoms with van der Waals surface area (Å²) in [6, 6.07) is 10.7. The fourth-order valence-electron chi connectivity index (χ4n) is 1.89. The molecule has 7 heteroatoms. The van der Waals surface area contributed by atoms with E-state index in [1.165, 1.54) is 11.3 Å². The van der Waals surface area contributed by atoms with Gasteiger partial charge in [0.25, 0.3) is 11.8 Å². The Hall–Kier alpha value is -2.67. The Kier molecular flexibility index (Phi) is 6.51. The number of esters is 1. The standard InChI is InChI=1S/C17H17NO5S/c1-22-13-7-4-12(5-8-13)6-9-16(20)23-11-15(19)18-17(21)14-3-2-10-24-14/h2-5,7-8,10H,6,9,11H2,1H3,(H,18,19,21). The lowest BCUT2D eigenvalue weighted by Gasteiger charge is -2.06. The zero-order chi connectivity index (χ0) is 17.4. The van der Waals surface area contributed by atoms with E-state index in [-0.39, 0.29) is 6.42 Å². The highest BCUT2D eigenvalue weighted by molar-refractivity contribution is 7.12. The van der Waals surface area contributed by atoms with Crippen LogP contribution in [0, 0.1) is 0 Å². The first-order chi connectivity index (χ1) is 11.6. The van der Waals surface area contributed by atoms with Gasteiger partial charge >= 0.3 is 5.97 Å². The van der Waals surface area contributed by atoms with Gasteiger partial charge in [0, 0.05) is 6.42 Å². The number of carbonyl (C=O) groups excluding carboxylic acids is 3. The Labute approximate surface area is 143 Å². The molecule has 0 unspecified atom stereocenters. The van der Waals surface area contributed by atoms with Crippen LogP contribution in [0.2, 0.25) is 0 Å². The van der Waals surface area contributed by atoms with E-state index in [4.69, 9.17) is 9.47 Å². The van der Waals surface area contributed by atoms with Crippen LogP contribution in [-0.2, 0) is 20.7 Å². The number of imide groups is 1. The number of amides is 2. The van der Waals surface area contributed by atoms with Gasteiger partial charge in [0.05, 0.1) is 12.0 Å². The molecule has 24 heavy (non-hydrogen) atoms. The van der Waals surface area contributed by atoms with Crippen LogP contribution in [-0.4, -0.2) is 31.5 Å². The van der Waals surface area contributed by atoms with Gasteiger partial charge in [-0.2, -0.15) is 0 Å². The van der Waals surface area contributed by atoms with Gasteiger partial charge in [-0.25, -0.2) is 0 Å². The number of hydrogen-bond donors (Lipinski definition) is 1. The van der Waals surface area contributed by atoms with Crippen LogP contribution in [0.3, 0.4) is 0 Å². The van der Waals surface area contributed by atoms with Crippen molar-refractivity contribution in [3.05, 3.63) is 52.2 Å². The smallest absolute Gasteiger partial charge is 0.306 e. The number of carbonyl (C=O) groups is 3.